The lowest BCUT2D eigenvalue weighted by Gasteiger charge is -2.26. The molecule has 0 aromatic heterocycles. The molecule has 1 heteroatoms. The molecule has 2 atom stereocenters. The highest BCUT2D eigenvalue weighted by molar-refractivity contribution is 5.40. The second-order valence-corrected chi connectivity index (χ2v) is 4.07. The Bertz CT molecular complexity index is 250. The molecule has 0 amide bonds. The lowest BCUT2D eigenvalue weighted by atomic mass is 9.90. The lowest BCUT2D eigenvalue weighted by Crippen LogP contribution is -2.37. The van der Waals surface area contributed by atoms with Gasteiger partial charge in [-0.15, -0.1) is 0 Å². The summed E-state index contributed by atoms with van der Waals surface area (Å²) in [6.45, 7) is 5.56. The Morgan fingerprint density at radius 2 is 2.15 bits per heavy atom. The van der Waals surface area contributed by atoms with E-state index < -0.39 is 0 Å². The van der Waals surface area contributed by atoms with Gasteiger partial charge in [0.2, 0.25) is 0 Å². The number of hydrogen-bond donors (Lipinski definition) is 1. The molecule has 2 unspecified atom stereocenters. The van der Waals surface area contributed by atoms with Crippen molar-refractivity contribution in [2.24, 2.45) is 5.92 Å². The van der Waals surface area contributed by atoms with Gasteiger partial charge < -0.3 is 5.32 Å². The maximum absolute atomic E-state index is 3.63. The molecule has 72 valence electrons. The average molecular weight is 177 g/mol. The Morgan fingerprint density at radius 3 is 2.85 bits per heavy atom. The predicted octanol–water partition coefficient (Wildman–Crippen LogP) is 2.65. The fraction of sp³-hybridized carbons (Fsp3) is 0.667. The van der Waals surface area contributed by atoms with E-state index in [4.69, 9.17) is 0 Å². The highest BCUT2D eigenvalue weighted by Gasteiger charge is 2.35. The predicted molar refractivity (Wildman–Crippen MR) is 56.6 cm³/mol. The van der Waals surface area contributed by atoms with Crippen LogP contribution in [0.15, 0.2) is 23.3 Å². The Hall–Kier alpha value is -0.560. The minimum absolute atomic E-state index is 0.742. The van der Waals surface area contributed by atoms with Gasteiger partial charge >= 0.3 is 0 Å². The first-order chi connectivity index (χ1) is 6.36. The first-order valence-corrected chi connectivity index (χ1v) is 5.42. The zero-order valence-electron chi connectivity index (χ0n) is 8.64. The van der Waals surface area contributed by atoms with Gasteiger partial charge in [0.05, 0.1) is 0 Å². The van der Waals surface area contributed by atoms with Crippen molar-refractivity contribution in [3.8, 4) is 0 Å². The fourth-order valence-electron chi connectivity index (χ4n) is 2.82. The molecule has 0 spiro atoms. The van der Waals surface area contributed by atoms with Crippen LogP contribution in [0.3, 0.4) is 0 Å². The Labute approximate surface area is 80.9 Å². The smallest absolute Gasteiger partial charge is 0.0176 e. The van der Waals surface area contributed by atoms with Gasteiger partial charge in [0.1, 0.15) is 0 Å². The second-order valence-electron chi connectivity index (χ2n) is 4.07. The molecule has 2 fully saturated rings. The first kappa shape index (κ1) is 9.01. The third-order valence-corrected chi connectivity index (χ3v) is 3.45. The topological polar surface area (TPSA) is 12.0 Å². The zero-order valence-corrected chi connectivity index (χ0v) is 8.64. The summed E-state index contributed by atoms with van der Waals surface area (Å²) in [6.07, 6.45) is 8.58. The van der Waals surface area contributed by atoms with Gasteiger partial charge in [-0.2, -0.15) is 0 Å². The quantitative estimate of drug-likeness (QED) is 0.600. The van der Waals surface area contributed by atoms with Crippen LogP contribution in [-0.4, -0.2) is 12.6 Å². The third-order valence-electron chi connectivity index (χ3n) is 3.45. The van der Waals surface area contributed by atoms with Gasteiger partial charge in [-0.25, -0.2) is 0 Å². The molecular formula is C12H19N. The number of hydrogen-bond acceptors (Lipinski definition) is 1. The highest BCUT2D eigenvalue weighted by Crippen LogP contribution is 2.40. The molecule has 0 aromatic rings. The van der Waals surface area contributed by atoms with Crippen LogP contribution in [0.4, 0.5) is 0 Å². The molecule has 0 radical (unpaired) electrons. The van der Waals surface area contributed by atoms with Crippen molar-refractivity contribution in [1.82, 2.24) is 5.32 Å². The summed E-state index contributed by atoms with van der Waals surface area (Å²) >= 11 is 0. The Balaban J connectivity index is 2.24. The highest BCUT2D eigenvalue weighted by atomic mass is 14.9. The monoisotopic (exact) mass is 177 g/mol. The van der Waals surface area contributed by atoms with Gasteiger partial charge in [-0.1, -0.05) is 12.2 Å². The van der Waals surface area contributed by atoms with Crippen LogP contribution in [0.2, 0.25) is 0 Å². The third kappa shape index (κ3) is 1.46. The maximum atomic E-state index is 3.63. The van der Waals surface area contributed by atoms with Crippen molar-refractivity contribution in [3.05, 3.63) is 23.3 Å². The molecule has 2 rings (SSSR count). The number of piperidine rings is 1. The standard InChI is InChI=1S/C12H19N/c1-3-9-8-12-11(10(9)4-2)6-5-7-13-12/h3-4,11-13H,5-8H2,1-2H3. The molecule has 0 bridgehead atoms. The van der Waals surface area contributed by atoms with E-state index in [1.54, 1.807) is 11.1 Å². The van der Waals surface area contributed by atoms with Gasteiger partial charge in [-0.3, -0.25) is 0 Å². The first-order valence-electron chi connectivity index (χ1n) is 5.42. The van der Waals surface area contributed by atoms with Crippen LogP contribution in [0, 0.1) is 5.92 Å². The molecular weight excluding hydrogens is 158 g/mol. The van der Waals surface area contributed by atoms with Crippen molar-refractivity contribution in [1.29, 1.82) is 0 Å². The molecule has 0 aromatic carbocycles. The van der Waals surface area contributed by atoms with Gasteiger partial charge in [-0.05, 0) is 56.7 Å². The van der Waals surface area contributed by atoms with Gasteiger partial charge in [0.25, 0.3) is 0 Å². The fourth-order valence-corrected chi connectivity index (χ4v) is 2.82. The molecule has 1 nitrogen and oxygen atoms in total. The molecule has 1 saturated heterocycles. The maximum Gasteiger partial charge on any atom is 0.0176 e. The number of nitrogens with one attached hydrogen (secondary N) is 1. The molecule has 1 aliphatic carbocycles. The van der Waals surface area contributed by atoms with E-state index in [9.17, 15) is 0 Å². The van der Waals surface area contributed by atoms with Crippen molar-refractivity contribution in [2.45, 2.75) is 39.2 Å². The normalized spacial score (nSPS) is 39.8. The largest absolute Gasteiger partial charge is 0.313 e. The van der Waals surface area contributed by atoms with Crippen LogP contribution in [-0.2, 0) is 0 Å². The van der Waals surface area contributed by atoms with Crippen molar-refractivity contribution in [2.75, 3.05) is 6.54 Å². The summed E-state index contributed by atoms with van der Waals surface area (Å²) in [7, 11) is 0. The van der Waals surface area contributed by atoms with E-state index in [0.29, 0.717) is 0 Å². The summed E-state index contributed by atoms with van der Waals surface area (Å²) < 4.78 is 0. The van der Waals surface area contributed by atoms with Crippen LogP contribution in [0.25, 0.3) is 0 Å². The van der Waals surface area contributed by atoms with E-state index in [0.717, 1.165) is 12.0 Å². The van der Waals surface area contributed by atoms with Gasteiger partial charge in [0.15, 0.2) is 0 Å². The summed E-state index contributed by atoms with van der Waals surface area (Å²) in [4.78, 5) is 0. The zero-order chi connectivity index (χ0) is 9.26. The van der Waals surface area contributed by atoms with E-state index in [1.807, 2.05) is 0 Å². The number of allylic oxidation sites excluding steroid dienone is 2. The van der Waals surface area contributed by atoms with Crippen molar-refractivity contribution < 1.29 is 0 Å². The van der Waals surface area contributed by atoms with E-state index >= 15 is 0 Å². The van der Waals surface area contributed by atoms with E-state index in [-0.39, 0.29) is 0 Å². The summed E-state index contributed by atoms with van der Waals surface area (Å²) in [5.74, 6) is 0.810. The number of fused-ring (bicyclic) bond motifs is 1. The van der Waals surface area contributed by atoms with E-state index in [2.05, 4.69) is 31.3 Å². The van der Waals surface area contributed by atoms with Crippen molar-refractivity contribution in [3.63, 3.8) is 0 Å². The molecule has 1 N–H and O–H groups in total. The number of rotatable bonds is 0. The minimum atomic E-state index is 0.742. The molecule has 1 saturated carbocycles. The van der Waals surface area contributed by atoms with Crippen LogP contribution < -0.4 is 5.32 Å². The Morgan fingerprint density at radius 1 is 1.31 bits per heavy atom. The molecule has 1 aliphatic heterocycles. The molecule has 1 heterocycles. The van der Waals surface area contributed by atoms with E-state index in [1.165, 1.54) is 25.8 Å². The van der Waals surface area contributed by atoms with Crippen LogP contribution >= 0.6 is 0 Å². The molecule has 2 aliphatic rings. The van der Waals surface area contributed by atoms with Crippen molar-refractivity contribution >= 4 is 0 Å². The average Bonchev–Trinajstić information content (AvgIpc) is 2.55. The summed E-state index contributed by atoms with van der Waals surface area (Å²) in [5.41, 5.74) is 3.19. The van der Waals surface area contributed by atoms with Gasteiger partial charge in [0, 0.05) is 6.04 Å². The second kappa shape index (κ2) is 3.67. The summed E-state index contributed by atoms with van der Waals surface area (Å²) in [5, 5.41) is 3.63. The minimum Gasteiger partial charge on any atom is -0.313 e. The lowest BCUT2D eigenvalue weighted by molar-refractivity contribution is 0.346. The molecule has 13 heavy (non-hydrogen) atoms. The van der Waals surface area contributed by atoms with Crippen LogP contribution in [0.5, 0.6) is 0 Å². The van der Waals surface area contributed by atoms with Crippen LogP contribution in [0.1, 0.15) is 33.1 Å². The Kier molecular flexibility index (Phi) is 2.54. The summed E-state index contributed by atoms with van der Waals surface area (Å²) in [6, 6.07) is 0.742. The SMILES string of the molecule is CC=C1CC2NCCCC2C1=CC.